The maximum Gasteiger partial charge on any atom is 0.265 e. The van der Waals surface area contributed by atoms with Crippen molar-refractivity contribution < 1.29 is 26.4 Å². The Morgan fingerprint density at radius 3 is 1.87 bits per heavy atom. The lowest BCUT2D eigenvalue weighted by Crippen LogP contribution is -2.16. The zero-order valence-corrected chi connectivity index (χ0v) is 25.3. The summed E-state index contributed by atoms with van der Waals surface area (Å²) in [7, 11) is -6.72. The molecule has 0 unspecified atom stereocenters. The molecule has 1 amide bonds. The van der Waals surface area contributed by atoms with Gasteiger partial charge in [0.2, 0.25) is 0 Å². The number of hydrogen-bond acceptors (Lipinski definition) is 7. The quantitative estimate of drug-likeness (QED) is 0.180. The molecule has 0 aliphatic carbocycles. The molecule has 0 saturated heterocycles. The number of thiophene rings is 1. The molecular formula is C24H18BrCl2N3O6S3. The average Bonchev–Trinajstić information content (AvgIpc) is 3.24. The predicted molar refractivity (Wildman–Crippen MR) is 157 cm³/mol. The third-order valence-corrected chi connectivity index (χ3v) is 10.2. The first-order valence-electron chi connectivity index (χ1n) is 10.7. The zero-order chi connectivity index (χ0) is 28.4. The summed E-state index contributed by atoms with van der Waals surface area (Å²) in [5.74, 6) is -0.465. The second kappa shape index (κ2) is 11.7. The zero-order valence-electron chi connectivity index (χ0n) is 19.7. The fourth-order valence-corrected chi connectivity index (χ4v) is 8.03. The molecule has 15 heteroatoms. The van der Waals surface area contributed by atoms with Crippen molar-refractivity contribution >= 4 is 93.5 Å². The first kappa shape index (κ1) is 29.2. The van der Waals surface area contributed by atoms with Crippen molar-refractivity contribution in [2.75, 3.05) is 21.9 Å². The molecule has 0 spiro atoms. The Morgan fingerprint density at radius 2 is 1.33 bits per heavy atom. The summed E-state index contributed by atoms with van der Waals surface area (Å²) >= 11 is 16.0. The number of hydrogen-bond donors (Lipinski definition) is 3. The largest absolute Gasteiger partial charge is 0.495 e. The molecule has 0 aliphatic heterocycles. The Kier molecular flexibility index (Phi) is 8.78. The maximum absolute atomic E-state index is 13.1. The molecule has 9 nitrogen and oxygen atoms in total. The molecule has 0 atom stereocenters. The fourth-order valence-electron chi connectivity index (χ4n) is 3.30. The van der Waals surface area contributed by atoms with E-state index in [0.29, 0.717) is 5.69 Å². The Morgan fingerprint density at radius 1 is 0.795 bits per heavy atom. The SMILES string of the molecule is COc1ccc(NC(=O)c2ccc(NS(=O)(=O)c3cc(Cl)sc3Cl)cc2)cc1S(=O)(=O)Nc1ccc(Br)cc1. The number of sulfonamides is 2. The molecule has 39 heavy (non-hydrogen) atoms. The van der Waals surface area contributed by atoms with Crippen molar-refractivity contribution in [1.29, 1.82) is 0 Å². The minimum atomic E-state index is -4.06. The number of carbonyl (C=O) groups excluding carboxylic acids is 1. The van der Waals surface area contributed by atoms with Gasteiger partial charge in [0, 0.05) is 27.1 Å². The van der Waals surface area contributed by atoms with Crippen molar-refractivity contribution in [1.82, 2.24) is 0 Å². The third-order valence-electron chi connectivity index (χ3n) is 5.12. The van der Waals surface area contributed by atoms with E-state index in [1.165, 1.54) is 55.6 Å². The van der Waals surface area contributed by atoms with Gasteiger partial charge in [-0.3, -0.25) is 14.2 Å². The van der Waals surface area contributed by atoms with Gasteiger partial charge in [-0.05, 0) is 72.8 Å². The van der Waals surface area contributed by atoms with Crippen LogP contribution in [0, 0.1) is 0 Å². The number of halogens is 3. The van der Waals surface area contributed by atoms with Gasteiger partial charge in [-0.25, -0.2) is 16.8 Å². The van der Waals surface area contributed by atoms with E-state index in [2.05, 4.69) is 30.7 Å². The highest BCUT2D eigenvalue weighted by Crippen LogP contribution is 2.35. The van der Waals surface area contributed by atoms with Crippen LogP contribution >= 0.6 is 50.5 Å². The van der Waals surface area contributed by atoms with Gasteiger partial charge in [0.25, 0.3) is 26.0 Å². The van der Waals surface area contributed by atoms with Crippen molar-refractivity contribution in [2.24, 2.45) is 0 Å². The van der Waals surface area contributed by atoms with Crippen LogP contribution in [0.5, 0.6) is 5.75 Å². The summed E-state index contributed by atoms with van der Waals surface area (Å²) in [4.78, 5) is 12.5. The second-order valence-electron chi connectivity index (χ2n) is 7.80. The molecule has 0 aliphatic rings. The Balaban J connectivity index is 1.50. The molecular weight excluding hydrogens is 673 g/mol. The van der Waals surface area contributed by atoms with E-state index in [-0.39, 0.29) is 41.2 Å². The van der Waals surface area contributed by atoms with Gasteiger partial charge in [0.15, 0.2) is 0 Å². The first-order valence-corrected chi connectivity index (χ1v) is 16.1. The van der Waals surface area contributed by atoms with E-state index >= 15 is 0 Å². The molecule has 1 heterocycles. The molecule has 3 N–H and O–H groups in total. The van der Waals surface area contributed by atoms with Crippen LogP contribution in [0.25, 0.3) is 0 Å². The van der Waals surface area contributed by atoms with Crippen LogP contribution in [0.4, 0.5) is 17.1 Å². The Labute approximate surface area is 247 Å². The van der Waals surface area contributed by atoms with Gasteiger partial charge in [-0.15, -0.1) is 11.3 Å². The molecule has 4 rings (SSSR count). The second-order valence-corrected chi connectivity index (χ2v) is 14.3. The number of benzene rings is 3. The lowest BCUT2D eigenvalue weighted by molar-refractivity contribution is 0.102. The van der Waals surface area contributed by atoms with Gasteiger partial charge in [-0.1, -0.05) is 39.1 Å². The molecule has 3 aromatic carbocycles. The van der Waals surface area contributed by atoms with Crippen LogP contribution in [-0.4, -0.2) is 29.9 Å². The molecule has 4 aromatic rings. The Bertz CT molecular complexity index is 1740. The van der Waals surface area contributed by atoms with Crippen molar-refractivity contribution in [3.8, 4) is 5.75 Å². The van der Waals surface area contributed by atoms with E-state index in [1.54, 1.807) is 24.3 Å². The summed E-state index contributed by atoms with van der Waals surface area (Å²) in [5, 5.41) is 2.63. The highest BCUT2D eigenvalue weighted by molar-refractivity contribution is 9.10. The highest BCUT2D eigenvalue weighted by Gasteiger charge is 2.23. The number of carbonyl (C=O) groups is 1. The van der Waals surface area contributed by atoms with Crippen LogP contribution in [0.1, 0.15) is 10.4 Å². The monoisotopic (exact) mass is 689 g/mol. The van der Waals surface area contributed by atoms with E-state index < -0.39 is 26.0 Å². The minimum absolute atomic E-state index is 0.0245. The van der Waals surface area contributed by atoms with Gasteiger partial charge in [-0.2, -0.15) is 0 Å². The highest BCUT2D eigenvalue weighted by atomic mass is 79.9. The summed E-state index contributed by atoms with van der Waals surface area (Å²) in [6, 6.07) is 17.6. The number of nitrogens with one attached hydrogen (secondary N) is 3. The summed E-state index contributed by atoms with van der Waals surface area (Å²) in [6.07, 6.45) is 0. The van der Waals surface area contributed by atoms with Crippen LogP contribution < -0.4 is 19.5 Å². The molecule has 0 fully saturated rings. The molecule has 0 bridgehead atoms. The van der Waals surface area contributed by atoms with Crippen LogP contribution in [-0.2, 0) is 20.0 Å². The first-order chi connectivity index (χ1) is 18.4. The Hall–Kier alpha value is -2.81. The number of rotatable bonds is 9. The fraction of sp³-hybridized carbons (Fsp3) is 0.0417. The van der Waals surface area contributed by atoms with Crippen LogP contribution in [0.15, 0.2) is 87.1 Å². The van der Waals surface area contributed by atoms with E-state index in [9.17, 15) is 21.6 Å². The smallest absolute Gasteiger partial charge is 0.265 e. The molecule has 0 saturated carbocycles. The van der Waals surface area contributed by atoms with Gasteiger partial charge in [0.1, 0.15) is 19.9 Å². The number of methoxy groups -OCH3 is 1. The minimum Gasteiger partial charge on any atom is -0.495 e. The van der Waals surface area contributed by atoms with Crippen LogP contribution in [0.2, 0.25) is 8.67 Å². The predicted octanol–water partition coefficient (Wildman–Crippen LogP) is 6.68. The van der Waals surface area contributed by atoms with E-state index in [4.69, 9.17) is 27.9 Å². The van der Waals surface area contributed by atoms with Crippen molar-refractivity contribution in [2.45, 2.75) is 9.79 Å². The molecule has 0 radical (unpaired) electrons. The van der Waals surface area contributed by atoms with Crippen LogP contribution in [0.3, 0.4) is 0 Å². The lowest BCUT2D eigenvalue weighted by Gasteiger charge is -2.14. The van der Waals surface area contributed by atoms with Crippen molar-refractivity contribution in [3.05, 3.63) is 91.5 Å². The van der Waals surface area contributed by atoms with Gasteiger partial charge < -0.3 is 10.1 Å². The van der Waals surface area contributed by atoms with E-state index in [0.717, 1.165) is 15.8 Å². The molecule has 204 valence electrons. The maximum atomic E-state index is 13.1. The van der Waals surface area contributed by atoms with Gasteiger partial charge in [0.05, 0.1) is 11.4 Å². The van der Waals surface area contributed by atoms with E-state index in [1.807, 2.05) is 0 Å². The van der Waals surface area contributed by atoms with Gasteiger partial charge >= 0.3 is 0 Å². The standard InChI is InChI=1S/C24H18BrCl2N3O6S3/c1-36-19-11-10-18(12-20(19)38(32,33)29-17-8-4-15(25)5-9-17)28-24(31)14-2-6-16(7-3-14)30-39(34,35)21-13-22(26)37-23(21)27/h2-13,29-30H,1H3,(H,28,31). The summed E-state index contributed by atoms with van der Waals surface area (Å²) < 4.78 is 62.4. The number of ether oxygens (including phenoxy) is 1. The third kappa shape index (κ3) is 7.04. The van der Waals surface area contributed by atoms with Crippen molar-refractivity contribution in [3.63, 3.8) is 0 Å². The summed E-state index contributed by atoms with van der Waals surface area (Å²) in [5.41, 5.74) is 0.935. The lowest BCUT2D eigenvalue weighted by atomic mass is 10.2. The number of amides is 1. The molecule has 1 aromatic heterocycles. The summed E-state index contributed by atoms with van der Waals surface area (Å²) in [6.45, 7) is 0. The number of anilines is 3. The normalized spacial score (nSPS) is 11.6. The average molecular weight is 691 g/mol. The topological polar surface area (TPSA) is 131 Å².